The van der Waals surface area contributed by atoms with Crippen molar-refractivity contribution in [2.24, 2.45) is 0 Å². The number of phenolic OH excluding ortho intramolecular Hbond substituents is 2. The lowest BCUT2D eigenvalue weighted by atomic mass is 10.1. The lowest BCUT2D eigenvalue weighted by Crippen LogP contribution is -2.27. The van der Waals surface area contributed by atoms with Gasteiger partial charge in [0.25, 0.3) is 0 Å². The van der Waals surface area contributed by atoms with Crippen molar-refractivity contribution in [2.75, 3.05) is 0 Å². The van der Waals surface area contributed by atoms with E-state index in [0.717, 1.165) is 12.1 Å². The van der Waals surface area contributed by atoms with Crippen molar-refractivity contribution >= 4 is 16.4 Å². The van der Waals surface area contributed by atoms with E-state index in [2.05, 4.69) is 4.18 Å². The van der Waals surface area contributed by atoms with Crippen LogP contribution in [0, 0.1) is 0 Å². The molecular weight excluding hydrogens is 268 g/mol. The molecule has 0 bridgehead atoms. The van der Waals surface area contributed by atoms with Crippen LogP contribution in [0.4, 0.5) is 0 Å². The molecule has 0 aliphatic rings. The third kappa shape index (κ3) is 4.20. The molecule has 0 radical (unpaired) electrons. The number of carbonyl (C=O) groups excluding carboxylic acids is 1. The Morgan fingerprint density at radius 1 is 1.28 bits per heavy atom. The Morgan fingerprint density at radius 2 is 1.89 bits per heavy atom. The average Bonchev–Trinajstić information content (AvgIpc) is 2.21. The summed E-state index contributed by atoms with van der Waals surface area (Å²) in [6, 6.07) is 3.52. The highest BCUT2D eigenvalue weighted by Gasteiger charge is 2.22. The molecule has 100 valence electrons. The van der Waals surface area contributed by atoms with Crippen molar-refractivity contribution in [3.8, 4) is 11.5 Å². The summed E-state index contributed by atoms with van der Waals surface area (Å²) >= 11 is 0. The van der Waals surface area contributed by atoms with Gasteiger partial charge >= 0.3 is 16.4 Å². The Labute approximate surface area is 102 Å². The van der Waals surface area contributed by atoms with Gasteiger partial charge in [-0.05, 0) is 17.7 Å². The number of hydrogen-bond acceptors (Lipinski definition) is 7. The van der Waals surface area contributed by atoms with Crippen LogP contribution in [0.25, 0.3) is 0 Å². The second-order valence-electron chi connectivity index (χ2n) is 3.37. The van der Waals surface area contributed by atoms with E-state index in [-0.39, 0.29) is 17.7 Å². The summed E-state index contributed by atoms with van der Waals surface area (Å²) < 4.78 is 32.2. The topological polar surface area (TPSA) is 141 Å². The number of aromatic hydroxyl groups is 2. The van der Waals surface area contributed by atoms with Gasteiger partial charge in [-0.25, -0.2) is 4.79 Å². The van der Waals surface area contributed by atoms with Gasteiger partial charge in [-0.3, -0.25) is 4.55 Å². The minimum Gasteiger partial charge on any atom is -0.504 e. The molecule has 0 heterocycles. The van der Waals surface area contributed by atoms with E-state index >= 15 is 0 Å². The zero-order valence-corrected chi connectivity index (χ0v) is 9.66. The highest BCUT2D eigenvalue weighted by Crippen LogP contribution is 2.25. The van der Waals surface area contributed by atoms with E-state index in [1.54, 1.807) is 0 Å². The molecule has 9 heteroatoms. The van der Waals surface area contributed by atoms with Gasteiger partial charge in [0.2, 0.25) is 0 Å². The largest absolute Gasteiger partial charge is 0.504 e. The molecule has 0 aliphatic carbocycles. The van der Waals surface area contributed by atoms with Crippen LogP contribution in [0.5, 0.6) is 11.5 Å². The van der Waals surface area contributed by atoms with E-state index in [0.29, 0.717) is 0 Å². The lowest BCUT2D eigenvalue weighted by molar-refractivity contribution is -0.143. The highest BCUT2D eigenvalue weighted by atomic mass is 32.3. The Balaban J connectivity index is 2.72. The number of phenols is 2. The van der Waals surface area contributed by atoms with E-state index in [1.165, 1.54) is 6.07 Å². The number of aliphatic hydroxyl groups is 1. The number of aliphatic hydroxyl groups excluding tert-OH is 1. The Bertz CT molecular complexity index is 550. The fourth-order valence-corrected chi connectivity index (χ4v) is 1.48. The van der Waals surface area contributed by atoms with Crippen LogP contribution in [0.1, 0.15) is 5.56 Å². The predicted molar refractivity (Wildman–Crippen MR) is 57.1 cm³/mol. The molecule has 0 saturated carbocycles. The summed E-state index contributed by atoms with van der Waals surface area (Å²) in [5, 5.41) is 27.5. The maximum atomic E-state index is 11.0. The summed E-state index contributed by atoms with van der Waals surface area (Å²) in [4.78, 5) is 11.0. The molecule has 18 heavy (non-hydrogen) atoms. The van der Waals surface area contributed by atoms with Crippen molar-refractivity contribution in [1.82, 2.24) is 0 Å². The Hall–Kier alpha value is -1.84. The molecule has 0 aromatic heterocycles. The van der Waals surface area contributed by atoms with Gasteiger partial charge in [-0.15, -0.1) is 0 Å². The molecule has 0 amide bonds. The van der Waals surface area contributed by atoms with Crippen LogP contribution >= 0.6 is 0 Å². The second-order valence-corrected chi connectivity index (χ2v) is 4.40. The van der Waals surface area contributed by atoms with Gasteiger partial charge in [0, 0.05) is 6.42 Å². The van der Waals surface area contributed by atoms with Crippen LogP contribution in [-0.4, -0.2) is 40.4 Å². The molecule has 0 fully saturated rings. The number of carbonyl (C=O) groups is 1. The van der Waals surface area contributed by atoms with Gasteiger partial charge in [-0.1, -0.05) is 6.07 Å². The van der Waals surface area contributed by atoms with Crippen molar-refractivity contribution < 1.29 is 37.3 Å². The SMILES string of the molecule is O=C(OS(=O)(=O)O)C(O)Cc1ccc(O)c(O)c1. The van der Waals surface area contributed by atoms with Crippen LogP contribution in [0.2, 0.25) is 0 Å². The molecule has 4 N–H and O–H groups in total. The van der Waals surface area contributed by atoms with Crippen LogP contribution in [0.3, 0.4) is 0 Å². The van der Waals surface area contributed by atoms with Gasteiger partial charge in [0.1, 0.15) is 0 Å². The minimum absolute atomic E-state index is 0.255. The number of benzene rings is 1. The van der Waals surface area contributed by atoms with Gasteiger partial charge in [0.15, 0.2) is 17.6 Å². The molecule has 0 aliphatic heterocycles. The van der Waals surface area contributed by atoms with Gasteiger partial charge < -0.3 is 19.5 Å². The van der Waals surface area contributed by atoms with Crippen LogP contribution in [0.15, 0.2) is 18.2 Å². The quantitative estimate of drug-likeness (QED) is 0.420. The third-order valence-electron chi connectivity index (χ3n) is 1.93. The fourth-order valence-electron chi connectivity index (χ4n) is 1.16. The molecule has 1 rings (SSSR count). The molecule has 1 atom stereocenters. The summed E-state index contributed by atoms with van der Waals surface area (Å²) in [6.45, 7) is 0. The first-order valence-corrected chi connectivity index (χ1v) is 5.95. The van der Waals surface area contributed by atoms with E-state index < -0.39 is 28.2 Å². The highest BCUT2D eigenvalue weighted by molar-refractivity contribution is 7.81. The molecular formula is C9H10O8S. The molecule has 1 unspecified atom stereocenters. The Kier molecular flexibility index (Phi) is 4.11. The van der Waals surface area contributed by atoms with Crippen molar-refractivity contribution in [2.45, 2.75) is 12.5 Å². The van der Waals surface area contributed by atoms with Gasteiger partial charge in [0.05, 0.1) is 0 Å². The molecule has 8 nitrogen and oxygen atoms in total. The standard InChI is InChI=1S/C9H10O8S/c10-6-2-1-5(3-7(6)11)4-8(12)9(13)17-18(14,15)16/h1-3,8,10-12H,4H2,(H,14,15,16). The first-order chi connectivity index (χ1) is 8.19. The minimum atomic E-state index is -4.97. The van der Waals surface area contributed by atoms with Crippen LogP contribution < -0.4 is 0 Å². The summed E-state index contributed by atoms with van der Waals surface area (Å²) in [5.74, 6) is -2.39. The molecule has 1 aromatic rings. The van der Waals surface area contributed by atoms with E-state index in [9.17, 15) is 18.3 Å². The molecule has 0 saturated heterocycles. The predicted octanol–water partition coefficient (Wildman–Crippen LogP) is -0.653. The fraction of sp³-hybridized carbons (Fsp3) is 0.222. The van der Waals surface area contributed by atoms with E-state index in [4.69, 9.17) is 14.8 Å². The van der Waals surface area contributed by atoms with Crippen LogP contribution in [-0.2, 0) is 25.8 Å². The zero-order valence-electron chi connectivity index (χ0n) is 8.85. The average molecular weight is 278 g/mol. The smallest absolute Gasteiger partial charge is 0.449 e. The normalized spacial score (nSPS) is 13.0. The number of hydrogen-bond donors (Lipinski definition) is 4. The molecule has 0 spiro atoms. The number of rotatable bonds is 4. The summed E-state index contributed by atoms with van der Waals surface area (Å²) in [5.41, 5.74) is 0.255. The maximum absolute atomic E-state index is 11.0. The van der Waals surface area contributed by atoms with Crippen molar-refractivity contribution in [3.05, 3.63) is 23.8 Å². The first kappa shape index (κ1) is 14.2. The first-order valence-electron chi connectivity index (χ1n) is 4.58. The monoisotopic (exact) mass is 278 g/mol. The zero-order chi connectivity index (χ0) is 13.9. The maximum Gasteiger partial charge on any atom is 0.449 e. The summed E-state index contributed by atoms with van der Waals surface area (Å²) in [6.07, 6.45) is -2.20. The van der Waals surface area contributed by atoms with Crippen molar-refractivity contribution in [3.63, 3.8) is 0 Å². The summed E-state index contributed by atoms with van der Waals surface area (Å²) in [7, 11) is -4.97. The third-order valence-corrected chi connectivity index (χ3v) is 2.30. The second kappa shape index (κ2) is 5.21. The molecule has 1 aromatic carbocycles. The van der Waals surface area contributed by atoms with E-state index in [1.807, 2.05) is 0 Å². The lowest BCUT2D eigenvalue weighted by Gasteiger charge is -2.09. The van der Waals surface area contributed by atoms with Gasteiger partial charge in [-0.2, -0.15) is 8.42 Å². The van der Waals surface area contributed by atoms with Crippen molar-refractivity contribution in [1.29, 1.82) is 0 Å². The Morgan fingerprint density at radius 3 is 2.39 bits per heavy atom.